The van der Waals surface area contributed by atoms with Crippen molar-refractivity contribution in [1.82, 2.24) is 9.29 Å². The Hall–Kier alpha value is -2.64. The van der Waals surface area contributed by atoms with E-state index in [0.29, 0.717) is 13.0 Å². The molecular weight excluding hydrogens is 374 g/mol. The second-order valence-corrected chi connectivity index (χ2v) is 8.97. The van der Waals surface area contributed by atoms with E-state index >= 15 is 0 Å². The Morgan fingerprint density at radius 1 is 1.07 bits per heavy atom. The van der Waals surface area contributed by atoms with E-state index in [4.69, 9.17) is 0 Å². The molecule has 146 valence electrons. The maximum absolute atomic E-state index is 12.6. The van der Waals surface area contributed by atoms with Crippen molar-refractivity contribution < 1.29 is 13.2 Å². The first-order valence-electron chi connectivity index (χ1n) is 9.30. The molecule has 1 saturated heterocycles. The number of aryl methyl sites for hydroxylation is 2. The first kappa shape index (κ1) is 18.7. The summed E-state index contributed by atoms with van der Waals surface area (Å²) in [6.07, 6.45) is 1.39. The fourth-order valence-corrected chi connectivity index (χ4v) is 4.65. The average Bonchev–Trinajstić information content (AvgIpc) is 3.23. The zero-order valence-electron chi connectivity index (χ0n) is 16.0. The van der Waals surface area contributed by atoms with Crippen LogP contribution in [0.5, 0.6) is 0 Å². The molecule has 2 heterocycles. The Balaban J connectivity index is 1.49. The number of amides is 1. The second kappa shape index (κ2) is 7.07. The van der Waals surface area contributed by atoms with Crippen LogP contribution in [0.25, 0.3) is 10.9 Å². The fraction of sp³-hybridized carbons (Fsp3) is 0.286. The predicted octanol–water partition coefficient (Wildman–Crippen LogP) is 3.09. The summed E-state index contributed by atoms with van der Waals surface area (Å²) in [6.45, 7) is 2.95. The summed E-state index contributed by atoms with van der Waals surface area (Å²) in [6, 6.07) is 14.5. The van der Waals surface area contributed by atoms with E-state index in [9.17, 15) is 13.2 Å². The second-order valence-electron chi connectivity index (χ2n) is 7.21. The van der Waals surface area contributed by atoms with Crippen LogP contribution in [0.1, 0.15) is 24.1 Å². The Labute approximate surface area is 164 Å². The van der Waals surface area contributed by atoms with Crippen LogP contribution in [-0.4, -0.2) is 25.4 Å². The number of hydrogen-bond acceptors (Lipinski definition) is 3. The lowest BCUT2D eigenvalue weighted by atomic mass is 10.1. The molecule has 1 amide bonds. The van der Waals surface area contributed by atoms with Gasteiger partial charge in [0.15, 0.2) is 0 Å². The van der Waals surface area contributed by atoms with E-state index in [2.05, 4.69) is 15.4 Å². The summed E-state index contributed by atoms with van der Waals surface area (Å²) in [5.41, 5.74) is 3.92. The van der Waals surface area contributed by atoms with Crippen molar-refractivity contribution >= 4 is 32.5 Å². The number of carbonyl (C=O) groups excluding carboxylic acids is 1. The van der Waals surface area contributed by atoms with Crippen LogP contribution in [0.4, 0.5) is 5.69 Å². The standard InChI is InChI=1S/C21H23N3O3S/c1-15-12-17-13-16(5-10-20(17)23(15)2)14-22-28(26,27)19-8-6-18(7-9-19)24-11-3-4-21(24)25/h5-10,12-13,22H,3-4,11,14H2,1-2H3. The van der Waals surface area contributed by atoms with Crippen molar-refractivity contribution in [3.05, 3.63) is 59.8 Å². The number of anilines is 1. The smallest absolute Gasteiger partial charge is 0.240 e. The molecule has 3 aromatic rings. The van der Waals surface area contributed by atoms with E-state index < -0.39 is 10.0 Å². The number of carbonyl (C=O) groups is 1. The van der Waals surface area contributed by atoms with Gasteiger partial charge in [0.25, 0.3) is 0 Å². The average molecular weight is 398 g/mol. The Morgan fingerprint density at radius 3 is 2.50 bits per heavy atom. The van der Waals surface area contributed by atoms with Gasteiger partial charge in [-0.3, -0.25) is 4.79 Å². The molecule has 0 atom stereocenters. The minimum Gasteiger partial charge on any atom is -0.348 e. The Morgan fingerprint density at radius 2 is 1.82 bits per heavy atom. The largest absolute Gasteiger partial charge is 0.348 e. The van der Waals surface area contributed by atoms with Crippen molar-refractivity contribution in [1.29, 1.82) is 0 Å². The van der Waals surface area contributed by atoms with Crippen LogP contribution in [0.2, 0.25) is 0 Å². The molecule has 1 fully saturated rings. The van der Waals surface area contributed by atoms with Gasteiger partial charge < -0.3 is 9.47 Å². The molecule has 0 saturated carbocycles. The Kier molecular flexibility index (Phi) is 4.72. The Bertz CT molecular complexity index is 1150. The zero-order valence-corrected chi connectivity index (χ0v) is 16.8. The number of nitrogens with one attached hydrogen (secondary N) is 1. The monoisotopic (exact) mass is 397 g/mol. The lowest BCUT2D eigenvalue weighted by molar-refractivity contribution is -0.117. The highest BCUT2D eigenvalue weighted by Gasteiger charge is 2.22. The number of fused-ring (bicyclic) bond motifs is 1. The van der Waals surface area contributed by atoms with Gasteiger partial charge in [0.05, 0.1) is 4.90 Å². The van der Waals surface area contributed by atoms with Crippen LogP contribution in [0, 0.1) is 6.92 Å². The number of rotatable bonds is 5. The van der Waals surface area contributed by atoms with Gasteiger partial charge in [-0.15, -0.1) is 0 Å². The van der Waals surface area contributed by atoms with E-state index in [1.54, 1.807) is 29.2 Å². The first-order chi connectivity index (χ1) is 13.3. The maximum atomic E-state index is 12.6. The maximum Gasteiger partial charge on any atom is 0.240 e. The molecule has 7 heteroatoms. The number of sulfonamides is 1. The minimum atomic E-state index is -3.63. The summed E-state index contributed by atoms with van der Waals surface area (Å²) in [5, 5.41) is 1.09. The molecule has 2 aromatic carbocycles. The predicted molar refractivity (Wildman–Crippen MR) is 110 cm³/mol. The quantitative estimate of drug-likeness (QED) is 0.719. The number of benzene rings is 2. The summed E-state index contributed by atoms with van der Waals surface area (Å²) >= 11 is 0. The minimum absolute atomic E-state index is 0.0836. The van der Waals surface area contributed by atoms with Gasteiger partial charge in [0.2, 0.25) is 15.9 Å². The molecule has 28 heavy (non-hydrogen) atoms. The van der Waals surface area contributed by atoms with Crippen molar-refractivity contribution in [2.45, 2.75) is 31.2 Å². The van der Waals surface area contributed by atoms with E-state index in [1.807, 2.05) is 32.2 Å². The van der Waals surface area contributed by atoms with Crippen molar-refractivity contribution in [2.75, 3.05) is 11.4 Å². The third-order valence-electron chi connectivity index (χ3n) is 5.35. The lowest BCUT2D eigenvalue weighted by Gasteiger charge is -2.16. The SMILES string of the molecule is Cc1cc2cc(CNS(=O)(=O)c3ccc(N4CCCC4=O)cc3)ccc2n1C. The molecule has 1 aliphatic rings. The highest BCUT2D eigenvalue weighted by molar-refractivity contribution is 7.89. The van der Waals surface area contributed by atoms with Gasteiger partial charge in [-0.05, 0) is 61.4 Å². The molecule has 1 aromatic heterocycles. The molecule has 4 rings (SSSR count). The summed E-state index contributed by atoms with van der Waals surface area (Å²) in [4.78, 5) is 13.7. The van der Waals surface area contributed by atoms with Crippen molar-refractivity contribution in [2.24, 2.45) is 7.05 Å². The van der Waals surface area contributed by atoms with Crippen molar-refractivity contribution in [3.63, 3.8) is 0 Å². The summed E-state index contributed by atoms with van der Waals surface area (Å²) < 4.78 is 30.0. The number of aromatic nitrogens is 1. The molecule has 0 spiro atoms. The number of nitrogens with zero attached hydrogens (tertiary/aromatic N) is 2. The van der Waals surface area contributed by atoms with Crippen LogP contribution >= 0.6 is 0 Å². The topological polar surface area (TPSA) is 71.4 Å². The van der Waals surface area contributed by atoms with Crippen LogP contribution < -0.4 is 9.62 Å². The van der Waals surface area contributed by atoms with Crippen LogP contribution in [0.15, 0.2) is 53.4 Å². The van der Waals surface area contributed by atoms with Gasteiger partial charge in [-0.25, -0.2) is 13.1 Å². The lowest BCUT2D eigenvalue weighted by Crippen LogP contribution is -2.25. The van der Waals surface area contributed by atoms with Gasteiger partial charge >= 0.3 is 0 Å². The third-order valence-corrected chi connectivity index (χ3v) is 6.76. The molecule has 1 N–H and O–H groups in total. The number of hydrogen-bond donors (Lipinski definition) is 1. The van der Waals surface area contributed by atoms with Crippen LogP contribution in [0.3, 0.4) is 0 Å². The van der Waals surface area contributed by atoms with Gasteiger partial charge in [-0.1, -0.05) is 6.07 Å². The molecule has 0 unspecified atom stereocenters. The van der Waals surface area contributed by atoms with E-state index in [1.165, 1.54) is 0 Å². The molecule has 6 nitrogen and oxygen atoms in total. The molecule has 0 bridgehead atoms. The fourth-order valence-electron chi connectivity index (χ4n) is 3.63. The molecule has 0 aliphatic carbocycles. The summed E-state index contributed by atoms with van der Waals surface area (Å²) in [5.74, 6) is 0.0836. The zero-order chi connectivity index (χ0) is 19.9. The van der Waals surface area contributed by atoms with E-state index in [0.717, 1.165) is 34.3 Å². The normalized spacial score (nSPS) is 14.9. The van der Waals surface area contributed by atoms with Gasteiger partial charge in [-0.2, -0.15) is 0 Å². The highest BCUT2D eigenvalue weighted by Crippen LogP contribution is 2.23. The van der Waals surface area contributed by atoms with E-state index in [-0.39, 0.29) is 17.3 Å². The molecule has 1 aliphatic heterocycles. The summed E-state index contributed by atoms with van der Waals surface area (Å²) in [7, 11) is -1.61. The molecule has 0 radical (unpaired) electrons. The van der Waals surface area contributed by atoms with Gasteiger partial charge in [0, 0.05) is 48.8 Å². The molecular formula is C21H23N3O3S. The van der Waals surface area contributed by atoms with Crippen LogP contribution in [-0.2, 0) is 28.4 Å². The highest BCUT2D eigenvalue weighted by atomic mass is 32.2. The third kappa shape index (κ3) is 3.43. The van der Waals surface area contributed by atoms with Gasteiger partial charge in [0.1, 0.15) is 0 Å². The first-order valence-corrected chi connectivity index (χ1v) is 10.8. The van der Waals surface area contributed by atoms with Crippen molar-refractivity contribution in [3.8, 4) is 0 Å².